The molecule has 0 spiro atoms. The van der Waals surface area contributed by atoms with Crippen LogP contribution < -0.4 is 5.48 Å². The number of aliphatic hydroxyl groups is 1. The molecule has 7 heteroatoms. The van der Waals surface area contributed by atoms with Gasteiger partial charge < -0.3 is 15.1 Å². The highest BCUT2D eigenvalue weighted by atomic mass is 16.7. The van der Waals surface area contributed by atoms with E-state index in [4.69, 9.17) is 4.84 Å². The summed E-state index contributed by atoms with van der Waals surface area (Å²) in [5.74, 6) is -0.598. The van der Waals surface area contributed by atoms with Gasteiger partial charge in [-0.25, -0.2) is 5.48 Å². The van der Waals surface area contributed by atoms with Crippen molar-refractivity contribution >= 4 is 5.97 Å². The van der Waals surface area contributed by atoms with E-state index in [9.17, 15) is 15.0 Å². The molecule has 2 fully saturated rings. The van der Waals surface area contributed by atoms with Crippen LogP contribution >= 0.6 is 0 Å². The van der Waals surface area contributed by atoms with Crippen molar-refractivity contribution in [2.24, 2.45) is 17.8 Å². The first-order valence-electron chi connectivity index (χ1n) is 17.1. The summed E-state index contributed by atoms with van der Waals surface area (Å²) in [6.45, 7) is 19.1. The molecule has 1 saturated heterocycles. The summed E-state index contributed by atoms with van der Waals surface area (Å²) in [4.78, 5) is 22.8. The highest BCUT2D eigenvalue weighted by Gasteiger charge is 2.44. The molecule has 44 heavy (non-hydrogen) atoms. The number of nitrogens with zero attached hydrogens (tertiary/aromatic N) is 2. The van der Waals surface area contributed by atoms with E-state index in [1.54, 1.807) is 19.1 Å². The molecule has 4 rings (SSSR count). The second-order valence-electron chi connectivity index (χ2n) is 12.0. The number of aliphatic carboxylic acids is 1. The Morgan fingerprint density at radius 3 is 2.34 bits per heavy atom. The monoisotopic (exact) mass is 611 g/mol. The zero-order valence-corrected chi connectivity index (χ0v) is 29.0. The Balaban J connectivity index is 0.00000162. The zero-order valence-electron chi connectivity index (χ0n) is 29.0. The summed E-state index contributed by atoms with van der Waals surface area (Å²) in [5, 5.41) is 19.7. The van der Waals surface area contributed by atoms with E-state index in [0.29, 0.717) is 17.8 Å². The standard InChI is InChI=1S/C33H49N3O4.2C2H6/c1-6-25(7-2)31-30(19-24(4)37)28(22-36(31)29-13-14-29)21-35-17-15-33(16-18-35,40-34-5)20-23(3)26-9-8-10-27(12-11-26)32(38)39;2*1-2/h6,8-12,19,22-23,27,29-31,34,37H,7,13-18,20-21H2,1-5H3,(H,38,39);2*1-2H3/b24-19+,25-6-;;. The first kappa shape index (κ1) is 37.6. The molecular formula is C37H61N3O4. The van der Waals surface area contributed by atoms with Crippen LogP contribution in [-0.4, -0.2) is 70.3 Å². The lowest BCUT2D eigenvalue weighted by Crippen LogP contribution is -2.49. The molecule has 4 atom stereocenters. The molecule has 2 heterocycles. The molecule has 2 aliphatic carbocycles. The van der Waals surface area contributed by atoms with Gasteiger partial charge in [0.05, 0.1) is 23.3 Å². The van der Waals surface area contributed by atoms with E-state index in [2.05, 4.69) is 54.4 Å². The third-order valence-electron chi connectivity index (χ3n) is 9.08. The number of carboxylic acids is 1. The molecule has 2 aliphatic heterocycles. The van der Waals surface area contributed by atoms with Gasteiger partial charge in [-0.3, -0.25) is 14.5 Å². The van der Waals surface area contributed by atoms with Crippen molar-refractivity contribution in [2.45, 2.75) is 112 Å². The number of carboxylic acid groups (broad SMARTS) is 1. The van der Waals surface area contributed by atoms with Crippen LogP contribution in [0.15, 0.2) is 71.2 Å². The fourth-order valence-corrected chi connectivity index (χ4v) is 6.79. The van der Waals surface area contributed by atoms with Crippen molar-refractivity contribution < 1.29 is 19.8 Å². The summed E-state index contributed by atoms with van der Waals surface area (Å²) < 4.78 is 0. The van der Waals surface area contributed by atoms with Crippen LogP contribution in [0.4, 0.5) is 0 Å². The Kier molecular flexibility index (Phi) is 15.7. The maximum absolute atomic E-state index is 11.4. The number of rotatable bonds is 12. The van der Waals surface area contributed by atoms with Gasteiger partial charge >= 0.3 is 5.97 Å². The Bertz CT molecular complexity index is 1090. The Morgan fingerprint density at radius 2 is 1.82 bits per heavy atom. The van der Waals surface area contributed by atoms with Gasteiger partial charge in [0.1, 0.15) is 0 Å². The van der Waals surface area contributed by atoms with Crippen LogP contribution in [0.5, 0.6) is 0 Å². The highest BCUT2D eigenvalue weighted by molar-refractivity contribution is 5.74. The highest BCUT2D eigenvalue weighted by Crippen LogP contribution is 2.43. The second-order valence-corrected chi connectivity index (χ2v) is 12.0. The van der Waals surface area contributed by atoms with Gasteiger partial charge in [-0.1, -0.05) is 83.6 Å². The van der Waals surface area contributed by atoms with Gasteiger partial charge in [0.2, 0.25) is 0 Å². The minimum atomic E-state index is -0.829. The topological polar surface area (TPSA) is 85.3 Å². The van der Waals surface area contributed by atoms with Crippen LogP contribution in [0, 0.1) is 17.8 Å². The summed E-state index contributed by atoms with van der Waals surface area (Å²) in [7, 11) is 1.83. The van der Waals surface area contributed by atoms with E-state index in [-0.39, 0.29) is 17.4 Å². The minimum absolute atomic E-state index is 0.189. The second kappa shape index (κ2) is 18.4. The van der Waals surface area contributed by atoms with Crippen LogP contribution in [0.2, 0.25) is 0 Å². The molecular weight excluding hydrogens is 550 g/mol. The van der Waals surface area contributed by atoms with Gasteiger partial charge in [0.15, 0.2) is 0 Å². The molecule has 0 aromatic rings. The van der Waals surface area contributed by atoms with Crippen molar-refractivity contribution in [1.82, 2.24) is 15.3 Å². The van der Waals surface area contributed by atoms with Crippen molar-refractivity contribution in [1.29, 1.82) is 0 Å². The van der Waals surface area contributed by atoms with Crippen LogP contribution in [0.1, 0.15) is 93.9 Å². The fraction of sp³-hybridized carbons (Fsp3) is 0.649. The van der Waals surface area contributed by atoms with Crippen molar-refractivity contribution in [2.75, 3.05) is 26.7 Å². The third-order valence-corrected chi connectivity index (χ3v) is 9.08. The molecule has 4 aliphatic rings. The quantitative estimate of drug-likeness (QED) is 0.117. The van der Waals surface area contributed by atoms with Gasteiger partial charge in [0.25, 0.3) is 0 Å². The lowest BCUT2D eigenvalue weighted by Gasteiger charge is -2.43. The van der Waals surface area contributed by atoms with Crippen molar-refractivity contribution in [3.05, 3.63) is 71.2 Å². The van der Waals surface area contributed by atoms with Crippen molar-refractivity contribution in [3.8, 4) is 0 Å². The molecule has 4 unspecified atom stereocenters. The predicted molar refractivity (Wildman–Crippen MR) is 183 cm³/mol. The molecule has 0 aromatic heterocycles. The number of carbonyl (C=O) groups is 1. The third kappa shape index (κ3) is 9.95. The van der Waals surface area contributed by atoms with Crippen LogP contribution in [0.25, 0.3) is 0 Å². The Labute approximate surface area is 268 Å². The SMILES string of the molecule is C/C=C(/CC)C1C(/C=C(\C)O)C(CN2CCC(CC(C)C3=CC=CC(C(=O)O)C=C3)(ONC)CC2)=CN1C1CC1.CC.CC. The summed E-state index contributed by atoms with van der Waals surface area (Å²) in [6.07, 6.45) is 22.3. The number of likely N-dealkylation sites (tertiary alicyclic amines) is 1. The fourth-order valence-electron chi connectivity index (χ4n) is 6.79. The number of hydrogen-bond donors (Lipinski definition) is 3. The number of hydrogen-bond acceptors (Lipinski definition) is 6. The lowest BCUT2D eigenvalue weighted by atomic mass is 9.80. The molecule has 0 amide bonds. The number of hydroxylamine groups is 1. The van der Waals surface area contributed by atoms with Crippen LogP contribution in [-0.2, 0) is 9.63 Å². The molecule has 0 bridgehead atoms. The number of piperidine rings is 1. The van der Waals surface area contributed by atoms with E-state index in [1.807, 2.05) is 53.0 Å². The maximum Gasteiger partial charge on any atom is 0.314 e. The zero-order chi connectivity index (χ0) is 32.9. The van der Waals surface area contributed by atoms with Gasteiger partial charge in [-0.15, -0.1) is 0 Å². The number of allylic oxidation sites excluding steroid dienone is 6. The van der Waals surface area contributed by atoms with E-state index >= 15 is 0 Å². The summed E-state index contributed by atoms with van der Waals surface area (Å²) >= 11 is 0. The number of aliphatic hydroxyl groups excluding tert-OH is 1. The lowest BCUT2D eigenvalue weighted by molar-refractivity contribution is -0.138. The van der Waals surface area contributed by atoms with Crippen LogP contribution in [0.3, 0.4) is 0 Å². The number of nitrogens with one attached hydrogen (secondary N) is 1. The Morgan fingerprint density at radius 1 is 1.16 bits per heavy atom. The smallest absolute Gasteiger partial charge is 0.314 e. The largest absolute Gasteiger partial charge is 0.513 e. The maximum atomic E-state index is 11.4. The average molecular weight is 612 g/mol. The van der Waals surface area contributed by atoms with Crippen molar-refractivity contribution in [3.63, 3.8) is 0 Å². The van der Waals surface area contributed by atoms with Gasteiger partial charge in [0, 0.05) is 44.8 Å². The molecule has 248 valence electrons. The first-order chi connectivity index (χ1) is 21.2. The summed E-state index contributed by atoms with van der Waals surface area (Å²) in [6, 6.07) is 0.916. The van der Waals surface area contributed by atoms with Gasteiger partial charge in [-0.05, 0) is 75.5 Å². The molecule has 1 saturated carbocycles. The molecule has 0 aromatic carbocycles. The van der Waals surface area contributed by atoms with E-state index in [1.165, 1.54) is 24.0 Å². The average Bonchev–Trinajstić information content (AvgIpc) is 3.84. The summed E-state index contributed by atoms with van der Waals surface area (Å²) in [5.41, 5.74) is 6.67. The van der Waals surface area contributed by atoms with E-state index in [0.717, 1.165) is 50.9 Å². The van der Waals surface area contributed by atoms with Gasteiger partial charge in [-0.2, -0.15) is 0 Å². The minimum Gasteiger partial charge on any atom is -0.513 e. The molecule has 0 radical (unpaired) electrons. The normalized spacial score (nSPS) is 26.0. The predicted octanol–water partition coefficient (Wildman–Crippen LogP) is 7.97. The van der Waals surface area contributed by atoms with E-state index < -0.39 is 11.9 Å². The molecule has 7 nitrogen and oxygen atoms in total. The Hall–Kier alpha value is -2.61. The molecule has 3 N–H and O–H groups in total. The first-order valence-corrected chi connectivity index (χ1v) is 17.1.